The molecule has 1 aliphatic carbocycles. The number of aliphatic carboxylic acids is 1. The topological polar surface area (TPSA) is 63.3 Å². The summed E-state index contributed by atoms with van der Waals surface area (Å²) >= 11 is 0. The van der Waals surface area contributed by atoms with Crippen LogP contribution in [0.2, 0.25) is 0 Å². The smallest absolute Gasteiger partial charge is 0.315 e. The first kappa shape index (κ1) is 7.94. The zero-order valence-electron chi connectivity index (χ0n) is 5.70. The van der Waals surface area contributed by atoms with E-state index in [0.29, 0.717) is 0 Å². The quantitative estimate of drug-likeness (QED) is 0.543. The van der Waals surface area contributed by atoms with Crippen molar-refractivity contribution in [2.75, 3.05) is 0 Å². The van der Waals surface area contributed by atoms with Crippen LogP contribution in [0.25, 0.3) is 0 Å². The van der Waals surface area contributed by atoms with Crippen molar-refractivity contribution in [2.45, 2.75) is 5.79 Å². The standard InChI is InChI=1S/C7H8FNO2/c8-7(9)4-2-1-3-5(7)6(10)11/h1-5H,9H2,(H,10,11). The molecule has 60 valence electrons. The average molecular weight is 157 g/mol. The third-order valence-electron chi connectivity index (χ3n) is 1.51. The van der Waals surface area contributed by atoms with Gasteiger partial charge in [0.2, 0.25) is 0 Å². The van der Waals surface area contributed by atoms with Gasteiger partial charge in [-0.15, -0.1) is 0 Å². The highest BCUT2D eigenvalue weighted by Crippen LogP contribution is 2.23. The molecule has 0 aromatic carbocycles. The third-order valence-corrected chi connectivity index (χ3v) is 1.51. The highest BCUT2D eigenvalue weighted by atomic mass is 19.1. The van der Waals surface area contributed by atoms with Crippen LogP contribution in [0, 0.1) is 5.92 Å². The number of alkyl halides is 1. The van der Waals surface area contributed by atoms with E-state index in [4.69, 9.17) is 10.8 Å². The van der Waals surface area contributed by atoms with E-state index in [1.54, 1.807) is 0 Å². The number of rotatable bonds is 1. The fourth-order valence-electron chi connectivity index (χ4n) is 0.901. The Morgan fingerprint density at radius 1 is 1.64 bits per heavy atom. The van der Waals surface area contributed by atoms with E-state index in [2.05, 4.69) is 0 Å². The molecular weight excluding hydrogens is 149 g/mol. The van der Waals surface area contributed by atoms with Crippen molar-refractivity contribution < 1.29 is 14.3 Å². The van der Waals surface area contributed by atoms with Crippen molar-refractivity contribution in [3.05, 3.63) is 24.3 Å². The molecule has 11 heavy (non-hydrogen) atoms. The Bertz CT molecular complexity index is 233. The Labute approximate surface area is 63.0 Å². The van der Waals surface area contributed by atoms with Crippen LogP contribution >= 0.6 is 0 Å². The van der Waals surface area contributed by atoms with Crippen LogP contribution in [0.3, 0.4) is 0 Å². The molecule has 0 aliphatic heterocycles. The number of carboxylic acid groups (broad SMARTS) is 1. The summed E-state index contributed by atoms with van der Waals surface area (Å²) in [5.41, 5.74) is 5.04. The van der Waals surface area contributed by atoms with Crippen LogP contribution in [0.4, 0.5) is 4.39 Å². The molecule has 0 fully saturated rings. The Morgan fingerprint density at radius 3 is 2.64 bits per heavy atom. The zero-order valence-corrected chi connectivity index (χ0v) is 5.70. The predicted molar refractivity (Wildman–Crippen MR) is 37.4 cm³/mol. The van der Waals surface area contributed by atoms with E-state index in [1.807, 2.05) is 0 Å². The van der Waals surface area contributed by atoms with Crippen molar-refractivity contribution in [1.82, 2.24) is 0 Å². The largest absolute Gasteiger partial charge is 0.481 e. The number of hydrogen-bond donors (Lipinski definition) is 2. The second-order valence-corrected chi connectivity index (χ2v) is 2.39. The minimum atomic E-state index is -2.25. The van der Waals surface area contributed by atoms with Gasteiger partial charge >= 0.3 is 5.97 Å². The Morgan fingerprint density at radius 2 is 2.27 bits per heavy atom. The fraction of sp³-hybridized carbons (Fsp3) is 0.286. The molecule has 0 saturated carbocycles. The molecule has 0 heterocycles. The number of carboxylic acids is 1. The molecule has 1 aliphatic rings. The highest BCUT2D eigenvalue weighted by Gasteiger charge is 2.37. The van der Waals surface area contributed by atoms with Crippen molar-refractivity contribution >= 4 is 5.97 Å². The van der Waals surface area contributed by atoms with Gasteiger partial charge in [0, 0.05) is 0 Å². The van der Waals surface area contributed by atoms with Gasteiger partial charge in [-0.05, 0) is 6.08 Å². The zero-order chi connectivity index (χ0) is 8.48. The summed E-state index contributed by atoms with van der Waals surface area (Å²) in [7, 11) is 0. The third kappa shape index (κ3) is 1.46. The molecule has 0 radical (unpaired) electrons. The van der Waals surface area contributed by atoms with Crippen molar-refractivity contribution in [3.63, 3.8) is 0 Å². The van der Waals surface area contributed by atoms with Crippen LogP contribution in [0.5, 0.6) is 0 Å². The molecule has 2 atom stereocenters. The summed E-state index contributed by atoms with van der Waals surface area (Å²) in [6, 6.07) is 0. The van der Waals surface area contributed by atoms with Gasteiger partial charge in [-0.25, -0.2) is 4.39 Å². The summed E-state index contributed by atoms with van der Waals surface area (Å²) in [6.45, 7) is 0. The van der Waals surface area contributed by atoms with Gasteiger partial charge in [0.15, 0.2) is 5.79 Å². The lowest BCUT2D eigenvalue weighted by Crippen LogP contribution is -2.44. The summed E-state index contributed by atoms with van der Waals surface area (Å²) in [5.74, 6) is -4.77. The molecule has 0 spiro atoms. The van der Waals surface area contributed by atoms with Crippen LogP contribution in [-0.2, 0) is 4.79 Å². The maximum atomic E-state index is 13.0. The van der Waals surface area contributed by atoms with E-state index in [-0.39, 0.29) is 0 Å². The summed E-state index contributed by atoms with van der Waals surface area (Å²) in [6.07, 6.45) is 5.11. The van der Waals surface area contributed by atoms with Gasteiger partial charge in [-0.1, -0.05) is 18.2 Å². The normalized spacial score (nSPS) is 35.6. The number of halogens is 1. The summed E-state index contributed by atoms with van der Waals surface area (Å²) < 4.78 is 13.0. The predicted octanol–water partition coefficient (Wildman–Crippen LogP) is 0.438. The van der Waals surface area contributed by atoms with Crippen molar-refractivity contribution in [1.29, 1.82) is 0 Å². The van der Waals surface area contributed by atoms with Gasteiger partial charge in [0.25, 0.3) is 0 Å². The van der Waals surface area contributed by atoms with Gasteiger partial charge in [0.1, 0.15) is 5.92 Å². The SMILES string of the molecule is NC1(F)C=CC=CC1C(=O)O. The minimum absolute atomic E-state index is 1.03. The second-order valence-electron chi connectivity index (χ2n) is 2.39. The molecule has 3 nitrogen and oxygen atoms in total. The van der Waals surface area contributed by atoms with Gasteiger partial charge < -0.3 is 5.11 Å². The maximum absolute atomic E-state index is 13.0. The number of carbonyl (C=O) groups is 1. The molecule has 4 heteroatoms. The van der Waals surface area contributed by atoms with Crippen LogP contribution < -0.4 is 5.73 Å². The first-order chi connectivity index (χ1) is 5.04. The Kier molecular flexibility index (Phi) is 1.78. The molecular formula is C7H8FNO2. The molecule has 0 bridgehead atoms. The molecule has 1 rings (SSSR count). The van der Waals surface area contributed by atoms with Gasteiger partial charge in [0.05, 0.1) is 0 Å². The lowest BCUT2D eigenvalue weighted by atomic mass is 9.94. The lowest BCUT2D eigenvalue weighted by Gasteiger charge is -2.22. The van der Waals surface area contributed by atoms with E-state index < -0.39 is 17.7 Å². The van der Waals surface area contributed by atoms with E-state index in [9.17, 15) is 9.18 Å². The summed E-state index contributed by atoms with van der Waals surface area (Å²) in [4.78, 5) is 10.4. The van der Waals surface area contributed by atoms with Crippen LogP contribution in [-0.4, -0.2) is 16.9 Å². The molecule has 0 amide bonds. The first-order valence-corrected chi connectivity index (χ1v) is 3.10. The van der Waals surface area contributed by atoms with Crippen molar-refractivity contribution in [3.8, 4) is 0 Å². The average Bonchev–Trinajstić information content (AvgIpc) is 1.85. The van der Waals surface area contributed by atoms with E-state index in [0.717, 1.165) is 6.08 Å². The lowest BCUT2D eigenvalue weighted by molar-refractivity contribution is -0.143. The number of nitrogens with two attached hydrogens (primary N) is 1. The molecule has 0 aromatic rings. The molecule has 0 aromatic heterocycles. The monoisotopic (exact) mass is 157 g/mol. The second kappa shape index (κ2) is 2.47. The molecule has 0 saturated heterocycles. The molecule has 3 N–H and O–H groups in total. The van der Waals surface area contributed by atoms with Crippen LogP contribution in [0.15, 0.2) is 24.3 Å². The Hall–Kier alpha value is -1.16. The number of hydrogen-bond acceptors (Lipinski definition) is 2. The van der Waals surface area contributed by atoms with Gasteiger partial charge in [-0.2, -0.15) is 0 Å². The minimum Gasteiger partial charge on any atom is -0.481 e. The maximum Gasteiger partial charge on any atom is 0.315 e. The fourth-order valence-corrected chi connectivity index (χ4v) is 0.901. The van der Waals surface area contributed by atoms with Crippen LogP contribution in [0.1, 0.15) is 0 Å². The summed E-state index contributed by atoms with van der Waals surface area (Å²) in [5, 5.41) is 8.47. The number of allylic oxidation sites excluding steroid dienone is 2. The van der Waals surface area contributed by atoms with Crippen molar-refractivity contribution in [2.24, 2.45) is 11.7 Å². The first-order valence-electron chi connectivity index (χ1n) is 3.10. The van der Waals surface area contributed by atoms with E-state index in [1.165, 1.54) is 18.2 Å². The Balaban J connectivity index is 2.89. The van der Waals surface area contributed by atoms with Gasteiger partial charge in [-0.3, -0.25) is 10.5 Å². The molecule has 2 unspecified atom stereocenters. The highest BCUT2D eigenvalue weighted by molar-refractivity contribution is 5.74. The van der Waals surface area contributed by atoms with E-state index >= 15 is 0 Å².